The molecule has 3 N–H and O–H groups in total. The molecule has 0 bridgehead atoms. The molecule has 0 radical (unpaired) electrons. The first-order valence-electron chi connectivity index (χ1n) is 5.92. The van der Waals surface area contributed by atoms with E-state index in [0.717, 1.165) is 25.7 Å². The lowest BCUT2D eigenvalue weighted by atomic mass is 10.2. The maximum absolute atomic E-state index is 11.5. The van der Waals surface area contributed by atoms with Crippen molar-refractivity contribution in [2.75, 3.05) is 13.2 Å². The van der Waals surface area contributed by atoms with Crippen molar-refractivity contribution in [1.82, 2.24) is 10.6 Å². The van der Waals surface area contributed by atoms with Crippen LogP contribution < -0.4 is 10.6 Å². The van der Waals surface area contributed by atoms with Crippen LogP contribution >= 0.6 is 0 Å². The van der Waals surface area contributed by atoms with Crippen molar-refractivity contribution in [3.8, 4) is 0 Å². The third kappa shape index (κ3) is 4.61. The Morgan fingerprint density at radius 2 is 2.12 bits per heavy atom. The van der Waals surface area contributed by atoms with Crippen LogP contribution in [0.4, 0.5) is 0 Å². The van der Waals surface area contributed by atoms with Crippen molar-refractivity contribution >= 4 is 11.8 Å². The van der Waals surface area contributed by atoms with Gasteiger partial charge in [0.25, 0.3) is 0 Å². The minimum absolute atomic E-state index is 0.0388. The molecule has 1 rings (SSSR count). The predicted octanol–water partition coefficient (Wildman–Crippen LogP) is -0.0661. The third-order valence-corrected chi connectivity index (χ3v) is 2.70. The molecule has 0 saturated carbocycles. The third-order valence-electron chi connectivity index (χ3n) is 2.70. The molecule has 1 atom stereocenters. The summed E-state index contributed by atoms with van der Waals surface area (Å²) >= 11 is 0. The maximum Gasteiger partial charge on any atom is 0.242 e. The number of amides is 2. The molecule has 0 aliphatic carbocycles. The van der Waals surface area contributed by atoms with Crippen molar-refractivity contribution < 1.29 is 14.7 Å². The van der Waals surface area contributed by atoms with Crippen LogP contribution in [0, 0.1) is 0 Å². The Bertz CT molecular complexity index is 243. The van der Waals surface area contributed by atoms with Crippen molar-refractivity contribution in [3.05, 3.63) is 0 Å². The molecule has 0 unspecified atom stereocenters. The summed E-state index contributed by atoms with van der Waals surface area (Å²) in [6.45, 7) is 0.886. The fourth-order valence-corrected chi connectivity index (χ4v) is 1.74. The number of hydrogen-bond donors (Lipinski definition) is 3. The molecule has 2 amide bonds. The van der Waals surface area contributed by atoms with Gasteiger partial charge < -0.3 is 15.7 Å². The van der Waals surface area contributed by atoms with Crippen molar-refractivity contribution in [3.63, 3.8) is 0 Å². The summed E-state index contributed by atoms with van der Waals surface area (Å²) in [5.41, 5.74) is 0. The molecular formula is C11H20N2O3. The first-order chi connectivity index (χ1) is 7.74. The van der Waals surface area contributed by atoms with Gasteiger partial charge in [0, 0.05) is 19.6 Å². The number of aliphatic hydroxyl groups is 1. The molecule has 92 valence electrons. The Labute approximate surface area is 95.6 Å². The molecule has 0 aromatic carbocycles. The first-order valence-corrected chi connectivity index (χ1v) is 5.92. The van der Waals surface area contributed by atoms with E-state index in [-0.39, 0.29) is 24.5 Å². The zero-order valence-electron chi connectivity index (χ0n) is 9.50. The minimum atomic E-state index is -0.329. The van der Waals surface area contributed by atoms with Crippen LogP contribution in [0.15, 0.2) is 0 Å². The Balaban J connectivity index is 2.00. The van der Waals surface area contributed by atoms with E-state index in [2.05, 4.69) is 10.6 Å². The van der Waals surface area contributed by atoms with Gasteiger partial charge in [-0.25, -0.2) is 0 Å². The van der Waals surface area contributed by atoms with Crippen LogP contribution in [-0.2, 0) is 9.59 Å². The number of carbonyl (C=O) groups excluding carboxylic acids is 2. The van der Waals surface area contributed by atoms with Crippen LogP contribution in [-0.4, -0.2) is 36.1 Å². The SMILES string of the molecule is O=C1CC[C@@H](C(=O)NCCCCCCO)N1. The van der Waals surface area contributed by atoms with Gasteiger partial charge in [-0.3, -0.25) is 9.59 Å². The zero-order chi connectivity index (χ0) is 11.8. The van der Waals surface area contributed by atoms with Gasteiger partial charge in [-0.2, -0.15) is 0 Å². The summed E-state index contributed by atoms with van der Waals surface area (Å²) < 4.78 is 0. The first kappa shape index (κ1) is 13.0. The fraction of sp³-hybridized carbons (Fsp3) is 0.818. The lowest BCUT2D eigenvalue weighted by molar-refractivity contribution is -0.125. The number of hydrogen-bond acceptors (Lipinski definition) is 3. The summed E-state index contributed by atoms with van der Waals surface area (Å²) in [4.78, 5) is 22.4. The Morgan fingerprint density at radius 1 is 1.38 bits per heavy atom. The molecule has 1 aliphatic heterocycles. The molecule has 16 heavy (non-hydrogen) atoms. The van der Waals surface area contributed by atoms with Gasteiger partial charge in [-0.15, -0.1) is 0 Å². The van der Waals surface area contributed by atoms with Gasteiger partial charge in [0.1, 0.15) is 6.04 Å². The molecule has 5 nitrogen and oxygen atoms in total. The van der Waals surface area contributed by atoms with Gasteiger partial charge in [0.2, 0.25) is 11.8 Å². The van der Waals surface area contributed by atoms with Crippen LogP contribution in [0.2, 0.25) is 0 Å². The Morgan fingerprint density at radius 3 is 2.75 bits per heavy atom. The van der Waals surface area contributed by atoms with E-state index in [9.17, 15) is 9.59 Å². The van der Waals surface area contributed by atoms with Crippen LogP contribution in [0.5, 0.6) is 0 Å². The molecule has 0 aromatic heterocycles. The standard InChI is InChI=1S/C11H20N2O3/c14-8-4-2-1-3-7-12-11(16)9-5-6-10(15)13-9/h9,14H,1-8H2,(H,12,16)(H,13,15)/t9-/m0/s1. The van der Waals surface area contributed by atoms with Crippen LogP contribution in [0.3, 0.4) is 0 Å². The van der Waals surface area contributed by atoms with Crippen molar-refractivity contribution in [2.45, 2.75) is 44.6 Å². The summed E-state index contributed by atoms with van der Waals surface area (Å²) in [6.07, 6.45) is 4.81. The van der Waals surface area contributed by atoms with E-state index < -0.39 is 0 Å². The second-order valence-electron chi connectivity index (χ2n) is 4.09. The summed E-state index contributed by atoms with van der Waals surface area (Å²) in [5, 5.41) is 14.0. The van der Waals surface area contributed by atoms with Crippen LogP contribution in [0.1, 0.15) is 38.5 Å². The van der Waals surface area contributed by atoms with Crippen LogP contribution in [0.25, 0.3) is 0 Å². The second-order valence-corrected chi connectivity index (χ2v) is 4.09. The van der Waals surface area contributed by atoms with Gasteiger partial charge in [-0.1, -0.05) is 12.8 Å². The highest BCUT2D eigenvalue weighted by Crippen LogP contribution is 2.06. The summed E-state index contributed by atoms with van der Waals surface area (Å²) in [5.74, 6) is -0.115. The minimum Gasteiger partial charge on any atom is -0.396 e. The topological polar surface area (TPSA) is 78.4 Å². The highest BCUT2D eigenvalue weighted by atomic mass is 16.3. The zero-order valence-corrected chi connectivity index (χ0v) is 9.50. The summed E-state index contributed by atoms with van der Waals surface area (Å²) in [7, 11) is 0. The number of nitrogens with one attached hydrogen (secondary N) is 2. The predicted molar refractivity (Wildman–Crippen MR) is 59.7 cm³/mol. The number of carbonyl (C=O) groups is 2. The van der Waals surface area contributed by atoms with E-state index in [0.29, 0.717) is 19.4 Å². The normalized spacial score (nSPS) is 19.6. The maximum atomic E-state index is 11.5. The van der Waals surface area contributed by atoms with Gasteiger partial charge >= 0.3 is 0 Å². The summed E-state index contributed by atoms with van der Waals surface area (Å²) in [6, 6.07) is -0.329. The largest absolute Gasteiger partial charge is 0.396 e. The van der Waals surface area contributed by atoms with Gasteiger partial charge in [0.05, 0.1) is 0 Å². The van der Waals surface area contributed by atoms with E-state index in [4.69, 9.17) is 5.11 Å². The number of aliphatic hydroxyl groups excluding tert-OH is 1. The van der Waals surface area contributed by atoms with Gasteiger partial charge in [0.15, 0.2) is 0 Å². The van der Waals surface area contributed by atoms with E-state index in [1.807, 2.05) is 0 Å². The Hall–Kier alpha value is -1.10. The molecular weight excluding hydrogens is 208 g/mol. The molecule has 1 heterocycles. The Kier molecular flexibility index (Phi) is 5.85. The average molecular weight is 228 g/mol. The van der Waals surface area contributed by atoms with E-state index in [1.165, 1.54) is 0 Å². The molecule has 1 fully saturated rings. The quantitative estimate of drug-likeness (QED) is 0.534. The lowest BCUT2D eigenvalue weighted by Crippen LogP contribution is -2.41. The highest BCUT2D eigenvalue weighted by molar-refractivity contribution is 5.90. The number of unbranched alkanes of at least 4 members (excludes halogenated alkanes) is 3. The molecule has 1 saturated heterocycles. The molecule has 1 aliphatic rings. The van der Waals surface area contributed by atoms with Crippen molar-refractivity contribution in [2.24, 2.45) is 0 Å². The molecule has 5 heteroatoms. The molecule has 0 aromatic rings. The van der Waals surface area contributed by atoms with E-state index in [1.54, 1.807) is 0 Å². The molecule has 0 spiro atoms. The second kappa shape index (κ2) is 7.22. The van der Waals surface area contributed by atoms with Gasteiger partial charge in [-0.05, 0) is 19.3 Å². The average Bonchev–Trinajstić information content (AvgIpc) is 2.70. The van der Waals surface area contributed by atoms with Crippen molar-refractivity contribution in [1.29, 1.82) is 0 Å². The smallest absolute Gasteiger partial charge is 0.242 e. The van der Waals surface area contributed by atoms with E-state index >= 15 is 0 Å². The lowest BCUT2D eigenvalue weighted by Gasteiger charge is -2.10. The highest BCUT2D eigenvalue weighted by Gasteiger charge is 2.26. The number of rotatable bonds is 7. The fourth-order valence-electron chi connectivity index (χ4n) is 1.74. The monoisotopic (exact) mass is 228 g/mol.